The molecule has 0 aliphatic rings. The van der Waals surface area contributed by atoms with Crippen LogP contribution in [0.1, 0.15) is 13.3 Å². The van der Waals surface area contributed by atoms with E-state index in [0.717, 1.165) is 6.42 Å². The van der Waals surface area contributed by atoms with Crippen LogP contribution >= 0.6 is 0 Å². The quantitative estimate of drug-likeness (QED) is 0.489. The number of hydrogen-bond acceptors (Lipinski definition) is 1. The molecule has 42 valence electrons. The summed E-state index contributed by atoms with van der Waals surface area (Å²) in [6.45, 7) is 5.64. The van der Waals surface area contributed by atoms with E-state index in [1.54, 1.807) is 13.2 Å². The van der Waals surface area contributed by atoms with Gasteiger partial charge in [-0.3, -0.25) is 0 Å². The average Bonchev–Trinajstić information content (AvgIpc) is 1.72. The zero-order valence-corrected chi connectivity index (χ0v) is 4.98. The summed E-state index contributed by atoms with van der Waals surface area (Å²) >= 11 is 0. The zero-order valence-electron chi connectivity index (χ0n) is 4.98. The molecule has 0 unspecified atom stereocenters. The summed E-state index contributed by atoms with van der Waals surface area (Å²) in [7, 11) is 1.69. The van der Waals surface area contributed by atoms with Crippen molar-refractivity contribution >= 4 is 0 Å². The molecule has 0 rings (SSSR count). The van der Waals surface area contributed by atoms with Crippen LogP contribution in [-0.2, 0) is 4.74 Å². The minimum absolute atomic E-state index is 0.250. The summed E-state index contributed by atoms with van der Waals surface area (Å²) in [5.74, 6) is 0. The Morgan fingerprint density at radius 1 is 1.86 bits per heavy atom. The summed E-state index contributed by atoms with van der Waals surface area (Å²) in [5, 5.41) is 0. The van der Waals surface area contributed by atoms with E-state index in [9.17, 15) is 0 Å². The molecule has 0 bridgehead atoms. The topological polar surface area (TPSA) is 9.23 Å². The molecule has 1 atom stereocenters. The van der Waals surface area contributed by atoms with Gasteiger partial charge in [-0.2, -0.15) is 0 Å². The molecule has 0 saturated heterocycles. The number of hydrogen-bond donors (Lipinski definition) is 0. The molecule has 0 aromatic heterocycles. The molecule has 7 heavy (non-hydrogen) atoms. The first-order valence-electron chi connectivity index (χ1n) is 2.50. The van der Waals surface area contributed by atoms with Crippen LogP contribution in [0.15, 0.2) is 12.7 Å². The maximum Gasteiger partial charge on any atom is 0.0746 e. The van der Waals surface area contributed by atoms with Crippen molar-refractivity contribution in [3.8, 4) is 0 Å². The van der Waals surface area contributed by atoms with Crippen LogP contribution in [0, 0.1) is 0 Å². The molecule has 0 aromatic carbocycles. The van der Waals surface area contributed by atoms with Gasteiger partial charge in [-0.15, -0.1) is 6.58 Å². The molecule has 0 aliphatic carbocycles. The van der Waals surface area contributed by atoms with Crippen molar-refractivity contribution < 1.29 is 4.74 Å². The fourth-order valence-electron chi connectivity index (χ4n) is 0.430. The minimum Gasteiger partial charge on any atom is -0.377 e. The largest absolute Gasteiger partial charge is 0.377 e. The van der Waals surface area contributed by atoms with Gasteiger partial charge in [0.2, 0.25) is 0 Å². The minimum atomic E-state index is 0.250. The van der Waals surface area contributed by atoms with Gasteiger partial charge in [0.05, 0.1) is 6.10 Å². The molecule has 0 aliphatic heterocycles. The molecular weight excluding hydrogens is 88.1 g/mol. The second-order valence-electron chi connectivity index (χ2n) is 1.42. The molecule has 1 heteroatoms. The van der Waals surface area contributed by atoms with Crippen LogP contribution in [0.5, 0.6) is 0 Å². The molecule has 0 amide bonds. The molecule has 0 heterocycles. The summed E-state index contributed by atoms with van der Waals surface area (Å²) in [6, 6.07) is 0. The third kappa shape index (κ3) is 2.40. The molecule has 0 fully saturated rings. The highest BCUT2D eigenvalue weighted by Crippen LogP contribution is 1.93. The van der Waals surface area contributed by atoms with Crippen LogP contribution in [0.4, 0.5) is 0 Å². The lowest BCUT2D eigenvalue weighted by atomic mass is 10.3. The molecule has 0 aromatic rings. The summed E-state index contributed by atoms with van der Waals surface area (Å²) < 4.78 is 4.93. The molecule has 0 spiro atoms. The summed E-state index contributed by atoms with van der Waals surface area (Å²) in [5.41, 5.74) is 0. The van der Waals surface area contributed by atoms with Crippen LogP contribution < -0.4 is 0 Å². The summed E-state index contributed by atoms with van der Waals surface area (Å²) in [6.07, 6.45) is 3.07. The Kier molecular flexibility index (Phi) is 3.71. The van der Waals surface area contributed by atoms with Crippen molar-refractivity contribution in [1.29, 1.82) is 0 Å². The smallest absolute Gasteiger partial charge is 0.0746 e. The normalized spacial score (nSPS) is 13.4. The van der Waals surface area contributed by atoms with Crippen molar-refractivity contribution in [2.24, 2.45) is 0 Å². The van der Waals surface area contributed by atoms with Crippen molar-refractivity contribution in [2.45, 2.75) is 19.4 Å². The van der Waals surface area contributed by atoms with E-state index in [4.69, 9.17) is 4.74 Å². The van der Waals surface area contributed by atoms with Gasteiger partial charge in [0.25, 0.3) is 0 Å². The van der Waals surface area contributed by atoms with Gasteiger partial charge in [-0.25, -0.2) is 0 Å². The highest BCUT2D eigenvalue weighted by atomic mass is 16.5. The second-order valence-corrected chi connectivity index (χ2v) is 1.42. The first kappa shape index (κ1) is 6.70. The van der Waals surface area contributed by atoms with Gasteiger partial charge in [0, 0.05) is 7.11 Å². The molecular formula is C6H12O. The highest BCUT2D eigenvalue weighted by molar-refractivity contribution is 4.77. The fourth-order valence-corrected chi connectivity index (χ4v) is 0.430. The predicted molar refractivity (Wildman–Crippen MR) is 31.3 cm³/mol. The molecule has 1 nitrogen and oxygen atoms in total. The molecule has 0 N–H and O–H groups in total. The van der Waals surface area contributed by atoms with Gasteiger partial charge >= 0.3 is 0 Å². The molecule has 0 radical (unpaired) electrons. The van der Waals surface area contributed by atoms with Gasteiger partial charge in [-0.1, -0.05) is 13.0 Å². The van der Waals surface area contributed by atoms with Gasteiger partial charge < -0.3 is 4.74 Å². The first-order valence-corrected chi connectivity index (χ1v) is 2.50. The Hall–Kier alpha value is -0.300. The van der Waals surface area contributed by atoms with E-state index in [1.165, 1.54) is 0 Å². The van der Waals surface area contributed by atoms with Crippen LogP contribution in [0.25, 0.3) is 0 Å². The van der Waals surface area contributed by atoms with E-state index in [0.29, 0.717) is 0 Å². The summed E-state index contributed by atoms with van der Waals surface area (Å²) in [4.78, 5) is 0. The number of rotatable bonds is 3. The van der Waals surface area contributed by atoms with Crippen LogP contribution in [0.3, 0.4) is 0 Å². The Morgan fingerprint density at radius 2 is 2.43 bits per heavy atom. The van der Waals surface area contributed by atoms with Crippen LogP contribution in [-0.4, -0.2) is 13.2 Å². The second kappa shape index (κ2) is 3.88. The molecule has 0 saturated carbocycles. The maximum absolute atomic E-state index is 4.93. The Bertz CT molecular complexity index is 46.1. The fraction of sp³-hybridized carbons (Fsp3) is 0.667. The van der Waals surface area contributed by atoms with Crippen LogP contribution in [0.2, 0.25) is 0 Å². The van der Waals surface area contributed by atoms with Crippen molar-refractivity contribution in [2.75, 3.05) is 7.11 Å². The van der Waals surface area contributed by atoms with Gasteiger partial charge in [0.1, 0.15) is 0 Å². The Balaban J connectivity index is 3.16. The number of ether oxygens (including phenoxy) is 1. The monoisotopic (exact) mass is 100 g/mol. The Labute approximate surface area is 45.0 Å². The van der Waals surface area contributed by atoms with E-state index in [1.807, 2.05) is 0 Å². The predicted octanol–water partition coefficient (Wildman–Crippen LogP) is 1.60. The average molecular weight is 100 g/mol. The Morgan fingerprint density at radius 3 is 2.43 bits per heavy atom. The van der Waals surface area contributed by atoms with Gasteiger partial charge in [0.15, 0.2) is 0 Å². The lowest BCUT2D eigenvalue weighted by Crippen LogP contribution is -2.02. The first-order chi connectivity index (χ1) is 3.35. The van der Waals surface area contributed by atoms with E-state index >= 15 is 0 Å². The maximum atomic E-state index is 4.93. The standard InChI is InChI=1S/C6H12O/c1-4-6(5-2)7-3/h4,6H,1,5H2,2-3H3/t6-/m0/s1. The highest BCUT2D eigenvalue weighted by Gasteiger charge is 1.92. The van der Waals surface area contributed by atoms with Crippen molar-refractivity contribution in [1.82, 2.24) is 0 Å². The van der Waals surface area contributed by atoms with E-state index < -0.39 is 0 Å². The van der Waals surface area contributed by atoms with Crippen molar-refractivity contribution in [3.05, 3.63) is 12.7 Å². The number of methoxy groups -OCH3 is 1. The SMILES string of the molecule is C=C[C@@H](CC)OC. The lowest BCUT2D eigenvalue weighted by molar-refractivity contribution is 0.138. The lowest BCUT2D eigenvalue weighted by Gasteiger charge is -2.03. The van der Waals surface area contributed by atoms with Crippen molar-refractivity contribution in [3.63, 3.8) is 0 Å². The zero-order chi connectivity index (χ0) is 5.70. The van der Waals surface area contributed by atoms with E-state index in [2.05, 4.69) is 13.5 Å². The third-order valence-electron chi connectivity index (χ3n) is 0.968. The van der Waals surface area contributed by atoms with Gasteiger partial charge in [-0.05, 0) is 6.42 Å². The van der Waals surface area contributed by atoms with E-state index in [-0.39, 0.29) is 6.10 Å². The third-order valence-corrected chi connectivity index (χ3v) is 0.968.